The minimum atomic E-state index is -0.813. The minimum absolute atomic E-state index is 0.208. The summed E-state index contributed by atoms with van der Waals surface area (Å²) < 4.78 is 10.9. The molecule has 152 valence electrons. The minimum Gasteiger partial charge on any atom is -0.494 e. The molecule has 1 aliphatic heterocycles. The number of benzene rings is 2. The van der Waals surface area contributed by atoms with E-state index in [0.29, 0.717) is 18.8 Å². The largest absolute Gasteiger partial charge is 0.494 e. The van der Waals surface area contributed by atoms with Gasteiger partial charge in [-0.1, -0.05) is 35.5 Å². The molecule has 0 fully saturated rings. The number of carbonyl (C=O) groups is 2. The topological polar surface area (TPSA) is 98.2 Å². The number of hydrogen-bond donors (Lipinski definition) is 2. The number of amides is 2. The van der Waals surface area contributed by atoms with Crippen molar-refractivity contribution in [3.05, 3.63) is 60.2 Å². The summed E-state index contributed by atoms with van der Waals surface area (Å²) in [5.74, 6) is 0.218. The van der Waals surface area contributed by atoms with Crippen LogP contribution in [0.1, 0.15) is 31.9 Å². The lowest BCUT2D eigenvalue weighted by Gasteiger charge is -2.15. The van der Waals surface area contributed by atoms with Gasteiger partial charge in [0.2, 0.25) is 0 Å². The van der Waals surface area contributed by atoms with Crippen molar-refractivity contribution in [3.63, 3.8) is 0 Å². The fourth-order valence-electron chi connectivity index (χ4n) is 2.69. The van der Waals surface area contributed by atoms with Crippen LogP contribution < -0.4 is 20.3 Å². The number of hydrazine groups is 1. The van der Waals surface area contributed by atoms with E-state index in [9.17, 15) is 9.59 Å². The van der Waals surface area contributed by atoms with Crippen LogP contribution in [0.4, 0.5) is 0 Å². The molecule has 29 heavy (non-hydrogen) atoms. The lowest BCUT2D eigenvalue weighted by atomic mass is 10.0. The molecule has 0 saturated heterocycles. The Morgan fingerprint density at radius 1 is 1.10 bits per heavy atom. The molecule has 2 N–H and O–H groups in total. The predicted molar refractivity (Wildman–Crippen MR) is 106 cm³/mol. The van der Waals surface area contributed by atoms with Crippen LogP contribution in [-0.4, -0.2) is 30.2 Å². The fraction of sp³-hybridized carbons (Fsp3) is 0.286. The van der Waals surface area contributed by atoms with Crippen molar-refractivity contribution in [2.45, 2.75) is 32.5 Å². The van der Waals surface area contributed by atoms with Crippen molar-refractivity contribution < 1.29 is 23.9 Å². The Morgan fingerprint density at radius 3 is 2.48 bits per heavy atom. The summed E-state index contributed by atoms with van der Waals surface area (Å²) in [4.78, 5) is 29.7. The van der Waals surface area contributed by atoms with E-state index < -0.39 is 17.9 Å². The zero-order valence-electron chi connectivity index (χ0n) is 16.3. The third-order valence-corrected chi connectivity index (χ3v) is 4.22. The van der Waals surface area contributed by atoms with Crippen LogP contribution in [0.25, 0.3) is 0 Å². The number of rotatable bonds is 7. The number of ether oxygens (including phenoxy) is 2. The second-order valence-corrected chi connectivity index (χ2v) is 6.35. The van der Waals surface area contributed by atoms with Crippen molar-refractivity contribution in [2.75, 3.05) is 6.61 Å². The van der Waals surface area contributed by atoms with Crippen LogP contribution >= 0.6 is 0 Å². The smallest absolute Gasteiger partial charge is 0.287 e. The van der Waals surface area contributed by atoms with Gasteiger partial charge >= 0.3 is 0 Å². The Bertz CT molecular complexity index is 868. The Morgan fingerprint density at radius 2 is 1.79 bits per heavy atom. The second kappa shape index (κ2) is 9.59. The van der Waals surface area contributed by atoms with E-state index in [2.05, 4.69) is 16.0 Å². The summed E-state index contributed by atoms with van der Waals surface area (Å²) >= 11 is 0. The highest BCUT2D eigenvalue weighted by Crippen LogP contribution is 2.26. The predicted octanol–water partition coefficient (Wildman–Crippen LogP) is 2.52. The first-order chi connectivity index (χ1) is 14.1. The maximum Gasteiger partial charge on any atom is 0.287 e. The van der Waals surface area contributed by atoms with Gasteiger partial charge in [-0.25, -0.2) is 0 Å². The van der Waals surface area contributed by atoms with Gasteiger partial charge < -0.3 is 14.3 Å². The molecule has 1 aliphatic rings. The van der Waals surface area contributed by atoms with Crippen LogP contribution in [0.3, 0.4) is 0 Å². The van der Waals surface area contributed by atoms with Gasteiger partial charge in [-0.05, 0) is 43.7 Å². The lowest BCUT2D eigenvalue weighted by molar-refractivity contribution is -0.131. The molecule has 2 aromatic rings. The van der Waals surface area contributed by atoms with Crippen LogP contribution in [0, 0.1) is 0 Å². The molecular weight excluding hydrogens is 374 g/mol. The SMILES string of the molecule is CCOc1ccc(OC(C)C(=O)NNC(=O)C2=NOC(c3ccccc3)C2)cc1. The number of oxime groups is 1. The summed E-state index contributed by atoms with van der Waals surface area (Å²) in [6.07, 6.45) is -0.800. The van der Waals surface area contributed by atoms with Gasteiger partial charge in [0.25, 0.3) is 11.8 Å². The van der Waals surface area contributed by atoms with E-state index in [1.165, 1.54) is 0 Å². The molecule has 0 spiro atoms. The first-order valence-electron chi connectivity index (χ1n) is 9.34. The summed E-state index contributed by atoms with van der Waals surface area (Å²) in [6.45, 7) is 4.05. The van der Waals surface area contributed by atoms with Crippen molar-refractivity contribution in [1.82, 2.24) is 10.9 Å². The fourth-order valence-corrected chi connectivity index (χ4v) is 2.69. The maximum atomic E-state index is 12.2. The molecule has 8 heteroatoms. The van der Waals surface area contributed by atoms with E-state index in [-0.39, 0.29) is 11.8 Å². The highest BCUT2D eigenvalue weighted by molar-refractivity contribution is 6.39. The van der Waals surface area contributed by atoms with Crippen LogP contribution in [0.5, 0.6) is 11.5 Å². The van der Waals surface area contributed by atoms with Gasteiger partial charge in [-0.2, -0.15) is 0 Å². The number of nitrogens with zero attached hydrogens (tertiary/aromatic N) is 1. The lowest BCUT2D eigenvalue weighted by Crippen LogP contribution is -2.49. The molecule has 2 atom stereocenters. The Labute approximate surface area is 168 Å². The van der Waals surface area contributed by atoms with Gasteiger partial charge in [-0.15, -0.1) is 0 Å². The molecule has 0 radical (unpaired) electrons. The zero-order valence-corrected chi connectivity index (χ0v) is 16.3. The molecule has 2 aromatic carbocycles. The first kappa shape index (κ1) is 20.2. The number of hydrogen-bond acceptors (Lipinski definition) is 6. The molecule has 0 aliphatic carbocycles. The van der Waals surface area contributed by atoms with E-state index in [1.807, 2.05) is 37.3 Å². The third kappa shape index (κ3) is 5.47. The third-order valence-electron chi connectivity index (χ3n) is 4.22. The van der Waals surface area contributed by atoms with E-state index in [1.54, 1.807) is 31.2 Å². The van der Waals surface area contributed by atoms with Crippen LogP contribution in [-0.2, 0) is 14.4 Å². The molecule has 0 aromatic heterocycles. The average Bonchev–Trinajstić information content (AvgIpc) is 3.24. The van der Waals surface area contributed by atoms with Crippen molar-refractivity contribution in [3.8, 4) is 11.5 Å². The van der Waals surface area contributed by atoms with E-state index >= 15 is 0 Å². The zero-order chi connectivity index (χ0) is 20.6. The first-order valence-corrected chi connectivity index (χ1v) is 9.34. The molecule has 0 saturated carbocycles. The van der Waals surface area contributed by atoms with Crippen molar-refractivity contribution in [2.24, 2.45) is 5.16 Å². The molecule has 0 bridgehead atoms. The van der Waals surface area contributed by atoms with Crippen molar-refractivity contribution in [1.29, 1.82) is 0 Å². The normalized spacial score (nSPS) is 16.2. The van der Waals surface area contributed by atoms with Gasteiger partial charge in [0.1, 0.15) is 11.5 Å². The highest BCUT2D eigenvalue weighted by atomic mass is 16.6. The molecule has 8 nitrogen and oxygen atoms in total. The van der Waals surface area contributed by atoms with E-state index in [4.69, 9.17) is 14.3 Å². The van der Waals surface area contributed by atoms with E-state index in [0.717, 1.165) is 11.3 Å². The standard InChI is InChI=1S/C21H23N3O5/c1-3-27-16-9-11-17(12-10-16)28-14(2)20(25)22-23-21(26)18-13-19(29-24-18)15-7-5-4-6-8-15/h4-12,14,19H,3,13H2,1-2H3,(H,22,25)(H,23,26). The Kier molecular flexibility index (Phi) is 6.67. The highest BCUT2D eigenvalue weighted by Gasteiger charge is 2.27. The van der Waals surface area contributed by atoms with Gasteiger partial charge in [-0.3, -0.25) is 20.4 Å². The van der Waals surface area contributed by atoms with Crippen molar-refractivity contribution >= 4 is 17.5 Å². The Hall–Kier alpha value is -3.55. The number of carbonyl (C=O) groups excluding carboxylic acids is 2. The summed E-state index contributed by atoms with van der Waals surface area (Å²) in [7, 11) is 0. The summed E-state index contributed by atoms with van der Waals surface area (Å²) in [6, 6.07) is 16.4. The van der Waals surface area contributed by atoms with Crippen LogP contribution in [0.15, 0.2) is 59.8 Å². The number of nitrogens with one attached hydrogen (secondary N) is 2. The monoisotopic (exact) mass is 397 g/mol. The summed E-state index contributed by atoms with van der Waals surface area (Å²) in [5.41, 5.74) is 5.82. The molecule has 2 unspecified atom stereocenters. The molecule has 1 heterocycles. The van der Waals surface area contributed by atoms with Gasteiger partial charge in [0.15, 0.2) is 17.9 Å². The molecule has 2 amide bonds. The molecular formula is C21H23N3O5. The van der Waals surface area contributed by atoms with Gasteiger partial charge in [0.05, 0.1) is 6.61 Å². The van der Waals surface area contributed by atoms with Gasteiger partial charge in [0, 0.05) is 6.42 Å². The quantitative estimate of drug-likeness (QED) is 0.700. The Balaban J connectivity index is 1.44. The van der Waals surface area contributed by atoms with Crippen LogP contribution in [0.2, 0.25) is 0 Å². The maximum absolute atomic E-state index is 12.2. The molecule has 3 rings (SSSR count). The second-order valence-electron chi connectivity index (χ2n) is 6.35. The average molecular weight is 397 g/mol. The summed E-state index contributed by atoms with van der Waals surface area (Å²) in [5, 5.41) is 3.82.